The number of nitrogens with zero attached hydrogens (tertiary/aromatic N) is 4. The van der Waals surface area contributed by atoms with Crippen LogP contribution in [0.2, 0.25) is 0 Å². The Morgan fingerprint density at radius 3 is 2.78 bits per heavy atom. The summed E-state index contributed by atoms with van der Waals surface area (Å²) in [6.07, 6.45) is 4.93. The van der Waals surface area contributed by atoms with Crippen LogP contribution in [-0.2, 0) is 11.3 Å². The van der Waals surface area contributed by atoms with E-state index in [4.69, 9.17) is 0 Å². The van der Waals surface area contributed by atoms with Crippen LogP contribution in [0.1, 0.15) is 12.8 Å². The molecule has 1 aliphatic rings. The Bertz CT molecular complexity index is 925. The summed E-state index contributed by atoms with van der Waals surface area (Å²) in [5, 5.41) is 7.51. The van der Waals surface area contributed by atoms with Crippen LogP contribution in [0.25, 0.3) is 16.7 Å². The highest BCUT2D eigenvalue weighted by molar-refractivity contribution is 5.78. The predicted molar refractivity (Wildman–Crippen MR) is 84.3 cm³/mol. The fourth-order valence-electron chi connectivity index (χ4n) is 2.48. The van der Waals surface area contributed by atoms with Crippen molar-refractivity contribution >= 4 is 16.9 Å². The van der Waals surface area contributed by atoms with Crippen LogP contribution in [0, 0.1) is 0 Å². The van der Waals surface area contributed by atoms with Gasteiger partial charge in [0.05, 0.1) is 11.9 Å². The third-order valence-electron chi connectivity index (χ3n) is 3.81. The van der Waals surface area contributed by atoms with Gasteiger partial charge in [-0.3, -0.25) is 14.2 Å². The van der Waals surface area contributed by atoms with Gasteiger partial charge in [0.1, 0.15) is 18.3 Å². The summed E-state index contributed by atoms with van der Waals surface area (Å²) in [7, 11) is 0. The standard InChI is InChI=1S/C16H15N5O2/c22-14(19-11-6-7-11)9-20-10-17-15-13(16(20)23)8-18-21(15)12-4-2-1-3-5-12/h1-5,8,10-11H,6-7,9H2,(H,19,22). The molecule has 0 radical (unpaired) electrons. The molecule has 3 aromatic rings. The maximum atomic E-state index is 12.5. The molecule has 0 unspecified atom stereocenters. The SMILES string of the molecule is O=C(Cn1cnc2c(cnn2-c2ccccc2)c1=O)NC1CC1. The van der Waals surface area contributed by atoms with Crippen LogP contribution in [-0.4, -0.2) is 31.3 Å². The highest BCUT2D eigenvalue weighted by atomic mass is 16.2. The second kappa shape index (κ2) is 5.35. The van der Waals surface area contributed by atoms with Crippen molar-refractivity contribution < 1.29 is 4.79 Å². The fraction of sp³-hybridized carbons (Fsp3) is 0.250. The molecule has 0 atom stereocenters. The van der Waals surface area contributed by atoms with Crippen molar-refractivity contribution in [3.8, 4) is 5.69 Å². The number of hydrogen-bond donors (Lipinski definition) is 1. The Morgan fingerprint density at radius 2 is 2.04 bits per heavy atom. The molecule has 0 spiro atoms. The second-order valence-electron chi connectivity index (χ2n) is 5.65. The van der Waals surface area contributed by atoms with E-state index in [0.717, 1.165) is 18.5 Å². The van der Waals surface area contributed by atoms with Crippen molar-refractivity contribution in [2.75, 3.05) is 0 Å². The average molecular weight is 309 g/mol. The minimum absolute atomic E-state index is 0.0191. The number of hydrogen-bond acceptors (Lipinski definition) is 4. The lowest BCUT2D eigenvalue weighted by Crippen LogP contribution is -2.33. The molecule has 2 heterocycles. The third-order valence-corrected chi connectivity index (χ3v) is 3.81. The highest BCUT2D eigenvalue weighted by Crippen LogP contribution is 2.18. The molecule has 1 fully saturated rings. The Kier molecular flexibility index (Phi) is 3.18. The van der Waals surface area contributed by atoms with E-state index in [2.05, 4.69) is 15.4 Å². The van der Waals surface area contributed by atoms with Gasteiger partial charge in [0.15, 0.2) is 5.65 Å². The quantitative estimate of drug-likeness (QED) is 0.775. The summed E-state index contributed by atoms with van der Waals surface area (Å²) in [5.74, 6) is -0.161. The zero-order valence-electron chi connectivity index (χ0n) is 12.3. The number of amides is 1. The number of nitrogens with one attached hydrogen (secondary N) is 1. The van der Waals surface area contributed by atoms with Gasteiger partial charge >= 0.3 is 0 Å². The molecule has 2 aromatic heterocycles. The average Bonchev–Trinajstić information content (AvgIpc) is 3.26. The van der Waals surface area contributed by atoms with E-state index >= 15 is 0 Å². The van der Waals surface area contributed by atoms with E-state index in [1.54, 1.807) is 4.68 Å². The van der Waals surface area contributed by atoms with Crippen LogP contribution in [0.3, 0.4) is 0 Å². The minimum atomic E-state index is -0.261. The zero-order valence-corrected chi connectivity index (χ0v) is 12.3. The van der Waals surface area contributed by atoms with Gasteiger partial charge in [0.2, 0.25) is 5.91 Å². The molecule has 23 heavy (non-hydrogen) atoms. The maximum Gasteiger partial charge on any atom is 0.264 e. The molecule has 1 amide bonds. The number of carbonyl (C=O) groups is 1. The lowest BCUT2D eigenvalue weighted by Gasteiger charge is -2.06. The van der Waals surface area contributed by atoms with Crippen LogP contribution >= 0.6 is 0 Å². The van der Waals surface area contributed by atoms with Gasteiger partial charge in [-0.1, -0.05) is 18.2 Å². The Hall–Kier alpha value is -2.96. The van der Waals surface area contributed by atoms with Gasteiger partial charge in [-0.2, -0.15) is 5.10 Å². The monoisotopic (exact) mass is 309 g/mol. The summed E-state index contributed by atoms with van der Waals surface area (Å²) in [4.78, 5) is 28.7. The molecule has 116 valence electrons. The molecule has 1 aromatic carbocycles. The van der Waals surface area contributed by atoms with E-state index in [0.29, 0.717) is 11.0 Å². The van der Waals surface area contributed by atoms with E-state index in [1.807, 2.05) is 30.3 Å². The molecule has 4 rings (SSSR count). The first-order valence-electron chi connectivity index (χ1n) is 7.50. The van der Waals surface area contributed by atoms with Crippen molar-refractivity contribution in [2.24, 2.45) is 0 Å². The molecule has 0 saturated heterocycles. The van der Waals surface area contributed by atoms with Gasteiger partial charge in [-0.25, -0.2) is 9.67 Å². The number of fused-ring (bicyclic) bond motifs is 1. The van der Waals surface area contributed by atoms with Crippen molar-refractivity contribution in [3.05, 3.63) is 53.2 Å². The molecular weight excluding hydrogens is 294 g/mol. The summed E-state index contributed by atoms with van der Waals surface area (Å²) in [5.41, 5.74) is 1.06. The first kappa shape index (κ1) is 13.7. The predicted octanol–water partition coefficient (Wildman–Crippen LogP) is 0.861. The topological polar surface area (TPSA) is 81.8 Å². The van der Waals surface area contributed by atoms with E-state index < -0.39 is 0 Å². The Balaban J connectivity index is 1.69. The molecular formula is C16H15N5O2. The second-order valence-corrected chi connectivity index (χ2v) is 5.65. The lowest BCUT2D eigenvalue weighted by atomic mass is 10.3. The summed E-state index contributed by atoms with van der Waals surface area (Å²) in [6, 6.07) is 9.76. The number of para-hydroxylation sites is 1. The normalized spacial score (nSPS) is 14.1. The van der Waals surface area contributed by atoms with Gasteiger partial charge in [0.25, 0.3) is 5.56 Å². The van der Waals surface area contributed by atoms with E-state index in [1.165, 1.54) is 17.1 Å². The van der Waals surface area contributed by atoms with Gasteiger partial charge in [0, 0.05) is 6.04 Å². The molecule has 1 aliphatic carbocycles. The van der Waals surface area contributed by atoms with Crippen LogP contribution in [0.15, 0.2) is 47.7 Å². The molecule has 7 nitrogen and oxygen atoms in total. The molecule has 7 heteroatoms. The smallest absolute Gasteiger partial charge is 0.264 e. The van der Waals surface area contributed by atoms with Crippen molar-refractivity contribution in [1.82, 2.24) is 24.6 Å². The Morgan fingerprint density at radius 1 is 1.26 bits per heavy atom. The summed E-state index contributed by atoms with van der Waals surface area (Å²) >= 11 is 0. The number of carbonyl (C=O) groups excluding carboxylic acids is 1. The van der Waals surface area contributed by atoms with Gasteiger partial charge in [-0.05, 0) is 25.0 Å². The third kappa shape index (κ3) is 2.61. The lowest BCUT2D eigenvalue weighted by molar-refractivity contribution is -0.121. The van der Waals surface area contributed by atoms with Crippen LogP contribution < -0.4 is 10.9 Å². The number of aromatic nitrogens is 4. The van der Waals surface area contributed by atoms with Gasteiger partial charge in [-0.15, -0.1) is 0 Å². The molecule has 0 bridgehead atoms. The van der Waals surface area contributed by atoms with Crippen molar-refractivity contribution in [2.45, 2.75) is 25.4 Å². The summed E-state index contributed by atoms with van der Waals surface area (Å²) < 4.78 is 2.93. The largest absolute Gasteiger partial charge is 0.352 e. The van der Waals surface area contributed by atoms with Crippen LogP contribution in [0.5, 0.6) is 0 Å². The first-order valence-corrected chi connectivity index (χ1v) is 7.50. The molecule has 1 N–H and O–H groups in total. The van der Waals surface area contributed by atoms with E-state index in [-0.39, 0.29) is 24.1 Å². The van der Waals surface area contributed by atoms with Crippen molar-refractivity contribution in [1.29, 1.82) is 0 Å². The van der Waals surface area contributed by atoms with Crippen LogP contribution in [0.4, 0.5) is 0 Å². The highest BCUT2D eigenvalue weighted by Gasteiger charge is 2.23. The van der Waals surface area contributed by atoms with Gasteiger partial charge < -0.3 is 5.32 Å². The molecule has 0 aliphatic heterocycles. The van der Waals surface area contributed by atoms with Crippen molar-refractivity contribution in [3.63, 3.8) is 0 Å². The fourth-order valence-corrected chi connectivity index (χ4v) is 2.48. The number of rotatable bonds is 4. The zero-order chi connectivity index (χ0) is 15.8. The Labute approximate surface area is 131 Å². The number of benzene rings is 1. The van der Waals surface area contributed by atoms with E-state index in [9.17, 15) is 9.59 Å². The minimum Gasteiger partial charge on any atom is -0.352 e. The summed E-state index contributed by atoms with van der Waals surface area (Å²) in [6.45, 7) is -0.0191. The first-order chi connectivity index (χ1) is 11.2. The molecule has 1 saturated carbocycles. The maximum absolute atomic E-state index is 12.5.